The summed E-state index contributed by atoms with van der Waals surface area (Å²) >= 11 is 3.47. The molecule has 0 radical (unpaired) electrons. The van der Waals surface area contributed by atoms with Gasteiger partial charge in [0.25, 0.3) is 0 Å². The van der Waals surface area contributed by atoms with Crippen LogP contribution >= 0.6 is 15.9 Å². The molecule has 1 aliphatic heterocycles. The van der Waals surface area contributed by atoms with Crippen LogP contribution in [-0.2, 0) is 7.05 Å². The van der Waals surface area contributed by atoms with Crippen molar-refractivity contribution in [2.75, 3.05) is 11.9 Å². The first kappa shape index (κ1) is 16.8. The molecule has 0 aliphatic carbocycles. The minimum atomic E-state index is -0.00863. The van der Waals surface area contributed by atoms with Crippen LogP contribution in [0.1, 0.15) is 13.3 Å². The van der Waals surface area contributed by atoms with Gasteiger partial charge in [0, 0.05) is 31.9 Å². The third-order valence-corrected chi connectivity index (χ3v) is 4.53. The average Bonchev–Trinajstić information content (AvgIpc) is 2.97. The van der Waals surface area contributed by atoms with E-state index in [0.717, 1.165) is 22.2 Å². The van der Waals surface area contributed by atoms with Crippen LogP contribution in [0.4, 0.5) is 11.6 Å². The maximum atomic E-state index is 5.96. The molecule has 0 saturated heterocycles. The van der Waals surface area contributed by atoms with Crippen molar-refractivity contribution in [3.05, 3.63) is 35.2 Å². The highest BCUT2D eigenvalue weighted by Crippen LogP contribution is 2.31. The highest BCUT2D eigenvalue weighted by Gasteiger charge is 2.18. The number of nitrogens with zero attached hydrogens (tertiary/aromatic N) is 5. The molecule has 1 aliphatic rings. The molecule has 4 bridgehead atoms. The molecule has 0 spiro atoms. The molecule has 0 fully saturated rings. The van der Waals surface area contributed by atoms with Gasteiger partial charge < -0.3 is 14.8 Å². The summed E-state index contributed by atoms with van der Waals surface area (Å²) in [6, 6.07) is 3.67. The monoisotopic (exact) mass is 416 g/mol. The third kappa shape index (κ3) is 3.34. The fraction of sp³-hybridized carbons (Fsp3) is 0.294. The molecule has 26 heavy (non-hydrogen) atoms. The summed E-state index contributed by atoms with van der Waals surface area (Å²) in [6.45, 7) is 2.50. The normalized spacial score (nSPS) is 16.5. The number of aromatic nitrogens is 5. The second-order valence-corrected chi connectivity index (χ2v) is 6.80. The van der Waals surface area contributed by atoms with E-state index in [2.05, 4.69) is 41.3 Å². The fourth-order valence-corrected chi connectivity index (χ4v) is 2.91. The van der Waals surface area contributed by atoms with Gasteiger partial charge >= 0.3 is 0 Å². The van der Waals surface area contributed by atoms with E-state index in [4.69, 9.17) is 9.47 Å². The van der Waals surface area contributed by atoms with Gasteiger partial charge in [0.2, 0.25) is 5.88 Å². The van der Waals surface area contributed by atoms with Crippen LogP contribution in [-0.4, -0.2) is 37.4 Å². The summed E-state index contributed by atoms with van der Waals surface area (Å²) in [6.07, 6.45) is 5.80. The fourth-order valence-electron chi connectivity index (χ4n) is 2.62. The van der Waals surface area contributed by atoms with Crippen molar-refractivity contribution in [1.82, 2.24) is 24.7 Å². The van der Waals surface area contributed by atoms with Gasteiger partial charge in [0.05, 0.1) is 23.4 Å². The van der Waals surface area contributed by atoms with Gasteiger partial charge in [0.1, 0.15) is 22.9 Å². The number of halogens is 1. The van der Waals surface area contributed by atoms with Gasteiger partial charge in [0.15, 0.2) is 5.82 Å². The zero-order valence-corrected chi connectivity index (χ0v) is 15.9. The molecular weight excluding hydrogens is 400 g/mol. The van der Waals surface area contributed by atoms with Crippen molar-refractivity contribution in [3.8, 4) is 23.0 Å². The number of nitrogens with one attached hydrogen (secondary N) is 1. The van der Waals surface area contributed by atoms with Gasteiger partial charge in [-0.3, -0.25) is 0 Å². The van der Waals surface area contributed by atoms with Gasteiger partial charge in [-0.15, -0.1) is 0 Å². The van der Waals surface area contributed by atoms with Crippen LogP contribution in [0, 0.1) is 0 Å². The first-order valence-corrected chi connectivity index (χ1v) is 8.97. The van der Waals surface area contributed by atoms with Crippen molar-refractivity contribution in [1.29, 1.82) is 0 Å². The Labute approximate surface area is 158 Å². The predicted octanol–water partition coefficient (Wildman–Crippen LogP) is 3.33. The molecule has 0 amide bonds. The van der Waals surface area contributed by atoms with Gasteiger partial charge in [-0.2, -0.15) is 5.10 Å². The quantitative estimate of drug-likeness (QED) is 0.601. The minimum absolute atomic E-state index is 0.00863. The SMILES string of the molecule is C[C@H]1CCOc2c(cnn2C)-c2ncc(Br)c(n2)Nc2cc(ccn2)O1. The van der Waals surface area contributed by atoms with Crippen molar-refractivity contribution in [2.24, 2.45) is 7.05 Å². The van der Waals surface area contributed by atoms with E-state index in [9.17, 15) is 0 Å². The first-order valence-electron chi connectivity index (χ1n) is 8.17. The first-order chi connectivity index (χ1) is 12.6. The largest absolute Gasteiger partial charge is 0.490 e. The number of hydrogen-bond acceptors (Lipinski definition) is 7. The summed E-state index contributed by atoms with van der Waals surface area (Å²) in [5, 5.41) is 7.48. The lowest BCUT2D eigenvalue weighted by Crippen LogP contribution is -2.17. The standard InChI is InChI=1S/C17H17BrN6O2/c1-10-4-6-25-17-12(8-21-24(17)2)15-20-9-13(18)16(23-15)22-14-7-11(26-10)3-5-19-14/h3,5,7-10H,4,6H2,1-2H3,(H,19,20,22,23)/t10-/m0/s1. The van der Waals surface area contributed by atoms with E-state index >= 15 is 0 Å². The molecule has 0 unspecified atom stereocenters. The Morgan fingerprint density at radius 3 is 3.08 bits per heavy atom. The Balaban J connectivity index is 1.81. The van der Waals surface area contributed by atoms with Crippen LogP contribution in [0.5, 0.6) is 11.6 Å². The Bertz CT molecular complexity index is 945. The second-order valence-electron chi connectivity index (χ2n) is 5.94. The van der Waals surface area contributed by atoms with Crippen LogP contribution < -0.4 is 14.8 Å². The zero-order valence-electron chi connectivity index (χ0n) is 14.3. The van der Waals surface area contributed by atoms with Crippen LogP contribution in [0.2, 0.25) is 0 Å². The highest BCUT2D eigenvalue weighted by molar-refractivity contribution is 9.10. The smallest absolute Gasteiger partial charge is 0.222 e. The van der Waals surface area contributed by atoms with Crippen LogP contribution in [0.15, 0.2) is 35.2 Å². The van der Waals surface area contributed by atoms with E-state index < -0.39 is 0 Å². The summed E-state index contributed by atoms with van der Waals surface area (Å²) < 4.78 is 14.3. The maximum Gasteiger partial charge on any atom is 0.222 e. The lowest BCUT2D eigenvalue weighted by atomic mass is 10.3. The number of pyridine rings is 1. The van der Waals surface area contributed by atoms with E-state index in [0.29, 0.717) is 29.9 Å². The molecule has 0 saturated carbocycles. The number of anilines is 2. The Morgan fingerprint density at radius 2 is 2.19 bits per heavy atom. The molecule has 1 atom stereocenters. The molecular formula is C17H17BrN6O2. The highest BCUT2D eigenvalue weighted by atomic mass is 79.9. The number of fused-ring (bicyclic) bond motifs is 6. The van der Waals surface area contributed by atoms with E-state index in [1.54, 1.807) is 23.3 Å². The molecule has 4 heterocycles. The summed E-state index contributed by atoms with van der Waals surface area (Å²) in [5.74, 6) is 3.12. The van der Waals surface area contributed by atoms with Gasteiger partial charge in [-0.05, 0) is 28.9 Å². The molecule has 134 valence electrons. The van der Waals surface area contributed by atoms with Crippen LogP contribution in [0.25, 0.3) is 11.4 Å². The molecule has 9 heteroatoms. The van der Waals surface area contributed by atoms with Crippen LogP contribution in [0.3, 0.4) is 0 Å². The molecule has 1 N–H and O–H groups in total. The minimum Gasteiger partial charge on any atom is -0.490 e. The van der Waals surface area contributed by atoms with Crippen molar-refractivity contribution >= 4 is 27.6 Å². The van der Waals surface area contributed by atoms with Crippen molar-refractivity contribution in [2.45, 2.75) is 19.4 Å². The van der Waals surface area contributed by atoms with Crippen molar-refractivity contribution in [3.63, 3.8) is 0 Å². The molecule has 8 nitrogen and oxygen atoms in total. The number of hydrogen-bond donors (Lipinski definition) is 1. The number of aryl methyl sites for hydroxylation is 1. The second kappa shape index (κ2) is 6.91. The Morgan fingerprint density at radius 1 is 1.31 bits per heavy atom. The van der Waals surface area contributed by atoms with E-state index in [1.807, 2.05) is 26.1 Å². The summed E-state index contributed by atoms with van der Waals surface area (Å²) in [5.41, 5.74) is 0.732. The lowest BCUT2D eigenvalue weighted by Gasteiger charge is -2.17. The number of ether oxygens (including phenoxy) is 2. The van der Waals surface area contributed by atoms with Crippen molar-refractivity contribution < 1.29 is 9.47 Å². The lowest BCUT2D eigenvalue weighted by molar-refractivity contribution is 0.172. The molecule has 0 aromatic carbocycles. The zero-order chi connectivity index (χ0) is 18.1. The van der Waals surface area contributed by atoms with E-state index in [1.165, 1.54) is 0 Å². The molecule has 3 aromatic rings. The molecule has 3 aromatic heterocycles. The van der Waals surface area contributed by atoms with Gasteiger partial charge in [-0.1, -0.05) is 0 Å². The number of rotatable bonds is 0. The van der Waals surface area contributed by atoms with Gasteiger partial charge in [-0.25, -0.2) is 19.6 Å². The predicted molar refractivity (Wildman–Crippen MR) is 99.7 cm³/mol. The maximum absolute atomic E-state index is 5.96. The average molecular weight is 417 g/mol. The summed E-state index contributed by atoms with van der Waals surface area (Å²) in [4.78, 5) is 13.3. The molecule has 4 rings (SSSR count). The topological polar surface area (TPSA) is 87.0 Å². The van der Waals surface area contributed by atoms with E-state index in [-0.39, 0.29) is 6.10 Å². The Hall–Kier alpha value is -2.68. The third-order valence-electron chi connectivity index (χ3n) is 3.95. The Kier molecular flexibility index (Phi) is 4.46. The summed E-state index contributed by atoms with van der Waals surface area (Å²) in [7, 11) is 1.83.